The molecule has 0 saturated heterocycles. The Balaban J connectivity index is 1.93. The van der Waals surface area contributed by atoms with Gasteiger partial charge in [0, 0.05) is 34.9 Å². The summed E-state index contributed by atoms with van der Waals surface area (Å²) in [5.74, 6) is 1.41. The SMILES string of the molecule is Cc1nc(-c2cccnc2)nc(Nc2ccc(C(C)(C)C#N)cc2)c1C. The molecule has 0 fully saturated rings. The fourth-order valence-electron chi connectivity index (χ4n) is 2.55. The van der Waals surface area contributed by atoms with Gasteiger partial charge in [0.15, 0.2) is 5.82 Å². The Hall–Kier alpha value is -3.26. The first-order valence-corrected chi connectivity index (χ1v) is 8.45. The highest BCUT2D eigenvalue weighted by Gasteiger charge is 2.19. The zero-order valence-electron chi connectivity index (χ0n) is 15.4. The molecule has 3 rings (SSSR count). The molecule has 5 nitrogen and oxygen atoms in total. The van der Waals surface area contributed by atoms with Gasteiger partial charge in [-0.3, -0.25) is 4.98 Å². The lowest BCUT2D eigenvalue weighted by Crippen LogP contribution is -2.13. The van der Waals surface area contributed by atoms with E-state index in [0.29, 0.717) is 5.82 Å². The van der Waals surface area contributed by atoms with Gasteiger partial charge in [0.05, 0.1) is 11.5 Å². The van der Waals surface area contributed by atoms with E-state index in [1.165, 1.54) is 0 Å². The smallest absolute Gasteiger partial charge is 0.163 e. The summed E-state index contributed by atoms with van der Waals surface area (Å²) in [4.78, 5) is 13.4. The van der Waals surface area contributed by atoms with Gasteiger partial charge in [0.2, 0.25) is 0 Å². The molecule has 0 radical (unpaired) electrons. The molecule has 0 bridgehead atoms. The maximum atomic E-state index is 9.27. The van der Waals surface area contributed by atoms with Crippen LogP contribution in [0.2, 0.25) is 0 Å². The molecular weight excluding hydrogens is 322 g/mol. The van der Waals surface area contributed by atoms with E-state index in [1.807, 2.05) is 64.1 Å². The molecule has 0 amide bonds. The zero-order chi connectivity index (χ0) is 18.7. The average Bonchev–Trinajstić information content (AvgIpc) is 2.66. The lowest BCUT2D eigenvalue weighted by atomic mass is 9.86. The number of aryl methyl sites for hydroxylation is 1. The van der Waals surface area contributed by atoms with E-state index in [4.69, 9.17) is 0 Å². The van der Waals surface area contributed by atoms with Crippen LogP contribution >= 0.6 is 0 Å². The van der Waals surface area contributed by atoms with Gasteiger partial charge < -0.3 is 5.32 Å². The lowest BCUT2D eigenvalue weighted by molar-refractivity contribution is 0.687. The maximum absolute atomic E-state index is 9.27. The van der Waals surface area contributed by atoms with Crippen molar-refractivity contribution in [3.8, 4) is 17.5 Å². The molecule has 2 heterocycles. The monoisotopic (exact) mass is 343 g/mol. The standard InChI is InChI=1S/C21H21N5/c1-14-15(2)24-20(16-6-5-11-23-12-16)26-19(14)25-18-9-7-17(8-10-18)21(3,4)13-22/h5-12H,1-4H3,(H,24,25,26). The van der Waals surface area contributed by atoms with E-state index in [0.717, 1.165) is 33.9 Å². The molecule has 0 saturated carbocycles. The van der Waals surface area contributed by atoms with Gasteiger partial charge in [-0.15, -0.1) is 0 Å². The zero-order valence-corrected chi connectivity index (χ0v) is 15.4. The third kappa shape index (κ3) is 3.55. The van der Waals surface area contributed by atoms with Gasteiger partial charge in [-0.25, -0.2) is 9.97 Å². The van der Waals surface area contributed by atoms with Gasteiger partial charge in [-0.1, -0.05) is 12.1 Å². The molecule has 0 aliphatic carbocycles. The van der Waals surface area contributed by atoms with Crippen LogP contribution in [0.3, 0.4) is 0 Å². The van der Waals surface area contributed by atoms with Gasteiger partial charge in [0.1, 0.15) is 5.82 Å². The average molecular weight is 343 g/mol. The summed E-state index contributed by atoms with van der Waals surface area (Å²) in [5, 5.41) is 12.6. The first-order valence-electron chi connectivity index (χ1n) is 8.45. The van der Waals surface area contributed by atoms with Crippen molar-refractivity contribution in [1.29, 1.82) is 5.26 Å². The number of anilines is 2. The maximum Gasteiger partial charge on any atom is 0.163 e. The van der Waals surface area contributed by atoms with Crippen molar-refractivity contribution >= 4 is 11.5 Å². The number of hydrogen-bond acceptors (Lipinski definition) is 5. The minimum Gasteiger partial charge on any atom is -0.340 e. The minimum atomic E-state index is -0.507. The molecule has 1 aromatic carbocycles. The van der Waals surface area contributed by atoms with Gasteiger partial charge in [-0.2, -0.15) is 5.26 Å². The van der Waals surface area contributed by atoms with Crippen LogP contribution in [-0.2, 0) is 5.41 Å². The largest absolute Gasteiger partial charge is 0.340 e. The van der Waals surface area contributed by atoms with Gasteiger partial charge in [-0.05, 0) is 57.5 Å². The van der Waals surface area contributed by atoms with Gasteiger partial charge in [0.25, 0.3) is 0 Å². The number of aromatic nitrogens is 3. The molecule has 0 unspecified atom stereocenters. The van der Waals surface area contributed by atoms with E-state index in [9.17, 15) is 5.26 Å². The summed E-state index contributed by atoms with van der Waals surface area (Å²) in [6, 6.07) is 14.0. The molecule has 26 heavy (non-hydrogen) atoms. The van der Waals surface area contributed by atoms with Crippen LogP contribution in [0.25, 0.3) is 11.4 Å². The fourth-order valence-corrected chi connectivity index (χ4v) is 2.55. The van der Waals surface area contributed by atoms with Crippen molar-refractivity contribution < 1.29 is 0 Å². The van der Waals surface area contributed by atoms with E-state index in [2.05, 4.69) is 26.3 Å². The predicted molar refractivity (Wildman–Crippen MR) is 103 cm³/mol. The first kappa shape index (κ1) is 17.6. The Kier molecular flexibility index (Phi) is 4.68. The van der Waals surface area contributed by atoms with Crippen LogP contribution < -0.4 is 5.32 Å². The Morgan fingerprint density at radius 3 is 2.38 bits per heavy atom. The third-order valence-corrected chi connectivity index (χ3v) is 4.46. The molecule has 0 spiro atoms. The van der Waals surface area contributed by atoms with Crippen molar-refractivity contribution in [3.05, 3.63) is 65.6 Å². The highest BCUT2D eigenvalue weighted by atomic mass is 15.0. The Bertz CT molecular complexity index is 954. The van der Waals surface area contributed by atoms with Gasteiger partial charge >= 0.3 is 0 Å². The highest BCUT2D eigenvalue weighted by Crippen LogP contribution is 2.27. The molecule has 0 aliphatic rings. The highest BCUT2D eigenvalue weighted by molar-refractivity contribution is 5.64. The number of nitriles is 1. The van der Waals surface area contributed by atoms with E-state index >= 15 is 0 Å². The summed E-state index contributed by atoms with van der Waals surface area (Å²) >= 11 is 0. The number of nitrogens with one attached hydrogen (secondary N) is 1. The van der Waals surface area contributed by atoms with Crippen molar-refractivity contribution in [2.45, 2.75) is 33.1 Å². The normalized spacial score (nSPS) is 11.0. The molecule has 1 N–H and O–H groups in total. The van der Waals surface area contributed by atoms with Crippen LogP contribution in [0.4, 0.5) is 11.5 Å². The van der Waals surface area contributed by atoms with E-state index < -0.39 is 5.41 Å². The lowest BCUT2D eigenvalue weighted by Gasteiger charge is -2.17. The predicted octanol–water partition coefficient (Wildman–Crippen LogP) is 4.70. The molecule has 0 aliphatic heterocycles. The molecule has 3 aromatic rings. The van der Waals surface area contributed by atoms with Crippen molar-refractivity contribution in [2.75, 3.05) is 5.32 Å². The van der Waals surface area contributed by atoms with Crippen LogP contribution in [0.15, 0.2) is 48.8 Å². The van der Waals surface area contributed by atoms with Crippen LogP contribution in [0.5, 0.6) is 0 Å². The van der Waals surface area contributed by atoms with Crippen molar-refractivity contribution in [1.82, 2.24) is 15.0 Å². The van der Waals surface area contributed by atoms with E-state index in [-0.39, 0.29) is 0 Å². The second-order valence-corrected chi connectivity index (χ2v) is 6.79. The van der Waals surface area contributed by atoms with Crippen molar-refractivity contribution in [2.24, 2.45) is 0 Å². The third-order valence-electron chi connectivity index (χ3n) is 4.46. The summed E-state index contributed by atoms with van der Waals surface area (Å²) in [6.45, 7) is 7.79. The summed E-state index contributed by atoms with van der Waals surface area (Å²) in [7, 11) is 0. The number of rotatable bonds is 4. The molecule has 130 valence electrons. The van der Waals surface area contributed by atoms with Crippen LogP contribution in [-0.4, -0.2) is 15.0 Å². The van der Waals surface area contributed by atoms with E-state index in [1.54, 1.807) is 12.4 Å². The first-order chi connectivity index (χ1) is 12.4. The Labute approximate surface area is 153 Å². The van der Waals surface area contributed by atoms with Crippen LogP contribution in [0.1, 0.15) is 30.7 Å². The summed E-state index contributed by atoms with van der Waals surface area (Å²) in [6.07, 6.45) is 3.49. The molecule has 5 heteroatoms. The van der Waals surface area contributed by atoms with Crippen molar-refractivity contribution in [3.63, 3.8) is 0 Å². The fraction of sp³-hybridized carbons (Fsp3) is 0.238. The number of nitrogens with zero attached hydrogens (tertiary/aromatic N) is 4. The Morgan fingerprint density at radius 2 is 1.77 bits per heavy atom. The summed E-state index contributed by atoms with van der Waals surface area (Å²) in [5.41, 5.74) is 4.19. The minimum absolute atomic E-state index is 0.507. The number of benzene rings is 1. The second-order valence-electron chi connectivity index (χ2n) is 6.79. The Morgan fingerprint density at radius 1 is 1.04 bits per heavy atom. The number of pyridine rings is 1. The topological polar surface area (TPSA) is 74.5 Å². The van der Waals surface area contributed by atoms with Crippen LogP contribution in [0, 0.1) is 25.2 Å². The molecule has 2 aromatic heterocycles. The number of hydrogen-bond donors (Lipinski definition) is 1. The second kappa shape index (κ2) is 6.93. The summed E-state index contributed by atoms with van der Waals surface area (Å²) < 4.78 is 0. The molecule has 0 atom stereocenters. The molecular formula is C21H21N5. The quantitative estimate of drug-likeness (QED) is 0.743.